The number of hydrogen-bond acceptors (Lipinski definition) is 5. The molecule has 0 aliphatic heterocycles. The quantitative estimate of drug-likeness (QED) is 0.860. The lowest BCUT2D eigenvalue weighted by molar-refractivity contribution is 0.441. The van der Waals surface area contributed by atoms with E-state index in [1.807, 2.05) is 43.3 Å². The van der Waals surface area contributed by atoms with Gasteiger partial charge in [0.25, 0.3) is 0 Å². The number of hydrogen-bond donors (Lipinski definition) is 1. The highest BCUT2D eigenvalue weighted by atomic mass is 32.1. The van der Waals surface area contributed by atoms with Crippen LogP contribution in [0.25, 0.3) is 0 Å². The third-order valence-corrected chi connectivity index (χ3v) is 2.64. The minimum absolute atomic E-state index is 0.217. The van der Waals surface area contributed by atoms with Gasteiger partial charge in [-0.1, -0.05) is 18.3 Å². The van der Waals surface area contributed by atoms with E-state index in [2.05, 4.69) is 9.97 Å². The fraction of sp³-hybridized carbons (Fsp3) is 0.154. The lowest BCUT2D eigenvalue weighted by atomic mass is 10.3. The number of nitrogens with two attached hydrogens (primary N) is 1. The number of anilines is 1. The van der Waals surface area contributed by atoms with E-state index in [0.29, 0.717) is 11.4 Å². The first-order valence-electron chi connectivity index (χ1n) is 5.64. The standard InChI is InChI=1S/C13H14N4OS/c1-17(2)9-4-3-5-10(8-9)18-13-15-7-6-11(16-13)12(14)19/h3-8H,1-2H3,(H2,14,19). The molecule has 0 atom stereocenters. The van der Waals surface area contributed by atoms with Crippen LogP contribution in [0.1, 0.15) is 5.69 Å². The Labute approximate surface area is 117 Å². The second-order valence-corrected chi connectivity index (χ2v) is 4.52. The smallest absolute Gasteiger partial charge is 0.322 e. The number of ether oxygens (including phenoxy) is 1. The van der Waals surface area contributed by atoms with Crippen LogP contribution in [-0.4, -0.2) is 29.1 Å². The molecule has 1 heterocycles. The SMILES string of the molecule is CN(C)c1cccc(Oc2nccc(C(N)=S)n2)c1. The van der Waals surface area contributed by atoms with Crippen molar-refractivity contribution < 1.29 is 4.74 Å². The van der Waals surface area contributed by atoms with Gasteiger partial charge in [-0.25, -0.2) is 4.98 Å². The van der Waals surface area contributed by atoms with Crippen LogP contribution in [0, 0.1) is 0 Å². The fourth-order valence-corrected chi connectivity index (χ4v) is 1.57. The zero-order valence-electron chi connectivity index (χ0n) is 10.7. The summed E-state index contributed by atoms with van der Waals surface area (Å²) in [5.74, 6) is 0.659. The molecule has 1 aromatic carbocycles. The van der Waals surface area contributed by atoms with E-state index in [4.69, 9.17) is 22.7 Å². The van der Waals surface area contributed by atoms with Gasteiger partial charge in [0, 0.05) is 32.0 Å². The molecule has 1 aromatic heterocycles. The molecule has 0 saturated heterocycles. The van der Waals surface area contributed by atoms with Crippen molar-refractivity contribution in [1.29, 1.82) is 0 Å². The Kier molecular flexibility index (Phi) is 3.91. The highest BCUT2D eigenvalue weighted by Crippen LogP contribution is 2.22. The summed E-state index contributed by atoms with van der Waals surface area (Å²) in [5.41, 5.74) is 7.04. The molecule has 19 heavy (non-hydrogen) atoms. The third kappa shape index (κ3) is 3.38. The average molecular weight is 274 g/mol. The molecule has 0 saturated carbocycles. The van der Waals surface area contributed by atoms with Crippen molar-refractivity contribution in [3.8, 4) is 11.8 Å². The van der Waals surface area contributed by atoms with Gasteiger partial charge in [0.1, 0.15) is 16.4 Å². The molecule has 98 valence electrons. The summed E-state index contributed by atoms with van der Waals surface area (Å²) in [4.78, 5) is 10.4. The molecule has 0 aliphatic carbocycles. The minimum Gasteiger partial charge on any atom is -0.424 e. The number of nitrogens with zero attached hydrogens (tertiary/aromatic N) is 3. The van der Waals surface area contributed by atoms with Crippen molar-refractivity contribution in [2.24, 2.45) is 5.73 Å². The molecule has 0 amide bonds. The van der Waals surface area contributed by atoms with Gasteiger partial charge >= 0.3 is 6.01 Å². The molecular formula is C13H14N4OS. The summed E-state index contributed by atoms with van der Waals surface area (Å²) in [6.07, 6.45) is 1.56. The number of rotatable bonds is 4. The maximum absolute atomic E-state index is 5.60. The Balaban J connectivity index is 2.23. The van der Waals surface area contributed by atoms with E-state index in [9.17, 15) is 0 Å². The molecule has 2 aromatic rings. The average Bonchev–Trinajstić information content (AvgIpc) is 2.39. The Morgan fingerprint density at radius 3 is 2.79 bits per heavy atom. The van der Waals surface area contributed by atoms with E-state index in [0.717, 1.165) is 5.69 Å². The largest absolute Gasteiger partial charge is 0.424 e. The van der Waals surface area contributed by atoms with E-state index in [1.165, 1.54) is 0 Å². The van der Waals surface area contributed by atoms with Gasteiger partial charge in [-0.05, 0) is 18.2 Å². The maximum atomic E-state index is 5.60. The summed E-state index contributed by atoms with van der Waals surface area (Å²) in [6.45, 7) is 0. The highest BCUT2D eigenvalue weighted by Gasteiger charge is 2.05. The number of aromatic nitrogens is 2. The van der Waals surface area contributed by atoms with Gasteiger partial charge in [-0.15, -0.1) is 0 Å². The fourth-order valence-electron chi connectivity index (χ4n) is 1.46. The molecule has 0 aliphatic rings. The maximum Gasteiger partial charge on any atom is 0.322 e. The number of benzene rings is 1. The summed E-state index contributed by atoms with van der Waals surface area (Å²) in [6, 6.07) is 9.49. The van der Waals surface area contributed by atoms with Crippen LogP contribution in [0.4, 0.5) is 5.69 Å². The van der Waals surface area contributed by atoms with Crippen molar-refractivity contribution >= 4 is 22.9 Å². The van der Waals surface area contributed by atoms with Gasteiger partial charge in [-0.3, -0.25) is 0 Å². The van der Waals surface area contributed by atoms with E-state index >= 15 is 0 Å². The van der Waals surface area contributed by atoms with E-state index in [-0.39, 0.29) is 11.0 Å². The van der Waals surface area contributed by atoms with Gasteiger partial charge in [0.05, 0.1) is 0 Å². The Morgan fingerprint density at radius 2 is 2.11 bits per heavy atom. The topological polar surface area (TPSA) is 64.3 Å². The summed E-state index contributed by atoms with van der Waals surface area (Å²) < 4.78 is 5.60. The van der Waals surface area contributed by atoms with Gasteiger partial charge in [0.2, 0.25) is 0 Å². The molecule has 2 N–H and O–H groups in total. The van der Waals surface area contributed by atoms with Gasteiger partial charge in [0.15, 0.2) is 0 Å². The summed E-state index contributed by atoms with van der Waals surface area (Å²) >= 11 is 4.87. The molecule has 5 nitrogen and oxygen atoms in total. The van der Waals surface area contributed by atoms with Crippen molar-refractivity contribution in [2.45, 2.75) is 0 Å². The van der Waals surface area contributed by atoms with Crippen LogP contribution >= 0.6 is 12.2 Å². The summed E-state index contributed by atoms with van der Waals surface area (Å²) in [7, 11) is 3.92. The Bertz CT molecular complexity index is 601. The van der Waals surface area contributed by atoms with Crippen LogP contribution in [0.15, 0.2) is 36.5 Å². The van der Waals surface area contributed by atoms with Crippen LogP contribution in [0.3, 0.4) is 0 Å². The molecule has 0 fully saturated rings. The first-order valence-corrected chi connectivity index (χ1v) is 6.05. The molecule has 6 heteroatoms. The van der Waals surface area contributed by atoms with Crippen LogP contribution in [-0.2, 0) is 0 Å². The monoisotopic (exact) mass is 274 g/mol. The van der Waals surface area contributed by atoms with Crippen molar-refractivity contribution in [3.63, 3.8) is 0 Å². The van der Waals surface area contributed by atoms with Gasteiger partial charge < -0.3 is 15.4 Å². The predicted molar refractivity (Wildman–Crippen MR) is 78.8 cm³/mol. The van der Waals surface area contributed by atoms with Crippen molar-refractivity contribution in [2.75, 3.05) is 19.0 Å². The van der Waals surface area contributed by atoms with Gasteiger partial charge in [-0.2, -0.15) is 4.98 Å². The lowest BCUT2D eigenvalue weighted by Gasteiger charge is -2.13. The molecule has 0 unspecified atom stereocenters. The normalized spacial score (nSPS) is 10.0. The second kappa shape index (κ2) is 5.62. The minimum atomic E-state index is 0.217. The first-order chi connectivity index (χ1) is 9.06. The van der Waals surface area contributed by atoms with Crippen molar-refractivity contribution in [1.82, 2.24) is 9.97 Å². The number of thiocarbonyl (C=S) groups is 1. The molecule has 0 radical (unpaired) electrons. The van der Waals surface area contributed by atoms with E-state index < -0.39 is 0 Å². The molecular weight excluding hydrogens is 260 g/mol. The third-order valence-electron chi connectivity index (χ3n) is 2.43. The van der Waals surface area contributed by atoms with Crippen LogP contribution < -0.4 is 15.4 Å². The zero-order chi connectivity index (χ0) is 13.8. The first kappa shape index (κ1) is 13.2. The van der Waals surface area contributed by atoms with Crippen LogP contribution in [0.5, 0.6) is 11.8 Å². The zero-order valence-corrected chi connectivity index (χ0v) is 11.5. The lowest BCUT2D eigenvalue weighted by Crippen LogP contribution is -2.12. The molecule has 0 spiro atoms. The Morgan fingerprint density at radius 1 is 1.32 bits per heavy atom. The van der Waals surface area contributed by atoms with E-state index in [1.54, 1.807) is 12.3 Å². The summed E-state index contributed by atoms with van der Waals surface area (Å²) in [5, 5.41) is 0. The van der Waals surface area contributed by atoms with Crippen molar-refractivity contribution in [3.05, 3.63) is 42.2 Å². The molecule has 2 rings (SSSR count). The van der Waals surface area contributed by atoms with Crippen LogP contribution in [0.2, 0.25) is 0 Å². The molecule has 0 bridgehead atoms. The second-order valence-electron chi connectivity index (χ2n) is 4.08. The Hall–Kier alpha value is -2.21. The predicted octanol–water partition coefficient (Wildman–Crippen LogP) is 1.97. The highest BCUT2D eigenvalue weighted by molar-refractivity contribution is 7.80.